The third-order valence-electron chi connectivity index (χ3n) is 4.90. The van der Waals surface area contributed by atoms with Crippen LogP contribution in [0, 0.1) is 0 Å². The van der Waals surface area contributed by atoms with Crippen LogP contribution in [-0.2, 0) is 6.54 Å². The van der Waals surface area contributed by atoms with E-state index in [2.05, 4.69) is 17.0 Å². The molecular weight excluding hydrogens is 316 g/mol. The van der Waals surface area contributed by atoms with Gasteiger partial charge < -0.3 is 9.15 Å². The fourth-order valence-electron chi connectivity index (χ4n) is 3.74. The largest absolute Gasteiger partial charge is 0.497 e. The van der Waals surface area contributed by atoms with Crippen molar-refractivity contribution in [2.24, 2.45) is 0 Å². The van der Waals surface area contributed by atoms with Crippen LogP contribution < -0.4 is 10.5 Å². The van der Waals surface area contributed by atoms with Crippen LogP contribution in [-0.4, -0.2) is 29.7 Å². The number of methoxy groups -OCH3 is 1. The first-order valence-corrected chi connectivity index (χ1v) is 8.70. The van der Waals surface area contributed by atoms with E-state index in [9.17, 15) is 4.79 Å². The maximum absolute atomic E-state index is 12.3. The Hall–Kier alpha value is -2.53. The summed E-state index contributed by atoms with van der Waals surface area (Å²) in [6.45, 7) is 2.75. The van der Waals surface area contributed by atoms with E-state index in [0.29, 0.717) is 5.58 Å². The number of piperidine rings is 1. The Labute approximate surface area is 146 Å². The summed E-state index contributed by atoms with van der Waals surface area (Å²) in [5.74, 6) is 0.623. The van der Waals surface area contributed by atoms with E-state index < -0.39 is 0 Å². The number of likely N-dealkylation sites (tertiary alicyclic amines) is 1. The van der Waals surface area contributed by atoms with Gasteiger partial charge in [-0.25, -0.2) is 4.79 Å². The fraction of sp³-hybridized carbons (Fsp3) is 0.350. The molecule has 0 aliphatic carbocycles. The highest BCUT2D eigenvalue weighted by Crippen LogP contribution is 2.26. The van der Waals surface area contributed by atoms with Gasteiger partial charge >= 0.3 is 5.76 Å². The summed E-state index contributed by atoms with van der Waals surface area (Å²) in [6.07, 6.45) is 2.07. The minimum atomic E-state index is -0.255. The maximum atomic E-state index is 12.3. The van der Waals surface area contributed by atoms with Crippen molar-refractivity contribution in [3.05, 3.63) is 64.6 Å². The number of ether oxygens (including phenoxy) is 1. The SMILES string of the molecule is COc1cccc(CN2CCC[C@H](n3c(=O)oc4ccccc43)C2)c1. The number of rotatable bonds is 4. The van der Waals surface area contributed by atoms with Crippen LogP contribution in [0.5, 0.6) is 5.75 Å². The van der Waals surface area contributed by atoms with E-state index in [0.717, 1.165) is 43.7 Å². The minimum Gasteiger partial charge on any atom is -0.497 e. The predicted molar refractivity (Wildman–Crippen MR) is 97.0 cm³/mol. The molecule has 0 amide bonds. The molecule has 5 heteroatoms. The second-order valence-corrected chi connectivity index (χ2v) is 6.59. The summed E-state index contributed by atoms with van der Waals surface area (Å²) in [7, 11) is 1.69. The van der Waals surface area contributed by atoms with E-state index in [-0.39, 0.29) is 11.8 Å². The Morgan fingerprint density at radius 1 is 1.20 bits per heavy atom. The molecule has 5 nitrogen and oxygen atoms in total. The topological polar surface area (TPSA) is 47.6 Å². The highest BCUT2D eigenvalue weighted by atomic mass is 16.5. The lowest BCUT2D eigenvalue weighted by atomic mass is 10.0. The molecule has 1 aliphatic rings. The molecule has 0 N–H and O–H groups in total. The van der Waals surface area contributed by atoms with E-state index in [1.807, 2.05) is 41.0 Å². The Kier molecular flexibility index (Phi) is 4.32. The van der Waals surface area contributed by atoms with Crippen LogP contribution in [0.15, 0.2) is 57.7 Å². The van der Waals surface area contributed by atoms with Gasteiger partial charge in [-0.15, -0.1) is 0 Å². The van der Waals surface area contributed by atoms with Crippen LogP contribution in [0.25, 0.3) is 11.1 Å². The molecule has 3 aromatic rings. The van der Waals surface area contributed by atoms with E-state index in [1.54, 1.807) is 7.11 Å². The van der Waals surface area contributed by atoms with Gasteiger partial charge in [-0.2, -0.15) is 0 Å². The molecule has 0 radical (unpaired) electrons. The van der Waals surface area contributed by atoms with E-state index in [4.69, 9.17) is 9.15 Å². The van der Waals surface area contributed by atoms with Crippen molar-refractivity contribution in [1.29, 1.82) is 0 Å². The van der Waals surface area contributed by atoms with Gasteiger partial charge in [0.25, 0.3) is 0 Å². The van der Waals surface area contributed by atoms with Gasteiger partial charge in [-0.3, -0.25) is 9.47 Å². The normalized spacial score (nSPS) is 18.5. The van der Waals surface area contributed by atoms with Crippen LogP contribution in [0.2, 0.25) is 0 Å². The molecule has 1 aromatic heterocycles. The third-order valence-corrected chi connectivity index (χ3v) is 4.90. The molecule has 1 fully saturated rings. The summed E-state index contributed by atoms with van der Waals surface area (Å²) in [5.41, 5.74) is 2.78. The lowest BCUT2D eigenvalue weighted by Gasteiger charge is -2.33. The van der Waals surface area contributed by atoms with Crippen molar-refractivity contribution in [2.75, 3.05) is 20.2 Å². The minimum absolute atomic E-state index is 0.149. The predicted octanol–water partition coefficient (Wildman–Crippen LogP) is 3.44. The number of fused-ring (bicyclic) bond motifs is 1. The summed E-state index contributed by atoms with van der Waals surface area (Å²) in [4.78, 5) is 14.7. The molecule has 1 saturated heterocycles. The van der Waals surface area contributed by atoms with Gasteiger partial charge in [0.2, 0.25) is 0 Å². The van der Waals surface area contributed by atoms with Crippen LogP contribution in [0.3, 0.4) is 0 Å². The number of nitrogens with zero attached hydrogens (tertiary/aromatic N) is 2. The fourth-order valence-corrected chi connectivity index (χ4v) is 3.74. The summed E-state index contributed by atoms with van der Waals surface area (Å²) < 4.78 is 12.5. The van der Waals surface area contributed by atoms with Crippen LogP contribution in [0.1, 0.15) is 24.4 Å². The average molecular weight is 338 g/mol. The Bertz CT molecular complexity index is 928. The molecule has 0 spiro atoms. The van der Waals surface area contributed by atoms with Crippen molar-refractivity contribution >= 4 is 11.1 Å². The first-order valence-electron chi connectivity index (χ1n) is 8.70. The zero-order valence-corrected chi connectivity index (χ0v) is 14.4. The quantitative estimate of drug-likeness (QED) is 0.731. The van der Waals surface area contributed by atoms with Crippen LogP contribution >= 0.6 is 0 Å². The highest BCUT2D eigenvalue weighted by molar-refractivity contribution is 5.72. The first kappa shape index (κ1) is 16.0. The second-order valence-electron chi connectivity index (χ2n) is 6.59. The van der Waals surface area contributed by atoms with Crippen molar-refractivity contribution in [1.82, 2.24) is 9.47 Å². The molecule has 2 aromatic carbocycles. The molecule has 1 atom stereocenters. The van der Waals surface area contributed by atoms with Gasteiger partial charge in [-0.1, -0.05) is 24.3 Å². The van der Waals surface area contributed by atoms with Crippen molar-refractivity contribution in [2.45, 2.75) is 25.4 Å². The van der Waals surface area contributed by atoms with Gasteiger partial charge in [0.05, 0.1) is 18.7 Å². The van der Waals surface area contributed by atoms with E-state index >= 15 is 0 Å². The number of benzene rings is 2. The third kappa shape index (κ3) is 3.20. The standard InChI is InChI=1S/C20H22N2O3/c1-24-17-8-4-6-15(12-17)13-21-11-5-7-16(14-21)22-18-9-2-3-10-19(18)25-20(22)23/h2-4,6,8-10,12,16H,5,7,11,13-14H2,1H3/t16-/m0/s1. The maximum Gasteiger partial charge on any atom is 0.420 e. The van der Waals surface area contributed by atoms with Gasteiger partial charge in [0, 0.05) is 13.1 Å². The Morgan fingerprint density at radius 2 is 2.08 bits per heavy atom. The monoisotopic (exact) mass is 338 g/mol. The molecule has 130 valence electrons. The molecule has 1 aliphatic heterocycles. The zero-order valence-electron chi connectivity index (χ0n) is 14.4. The number of oxazole rings is 1. The van der Waals surface area contributed by atoms with Gasteiger partial charge in [0.15, 0.2) is 5.58 Å². The second kappa shape index (κ2) is 6.76. The summed E-state index contributed by atoms with van der Waals surface area (Å²) >= 11 is 0. The first-order chi connectivity index (χ1) is 12.2. The summed E-state index contributed by atoms with van der Waals surface area (Å²) in [6, 6.07) is 16.0. The van der Waals surface area contributed by atoms with Crippen LogP contribution in [0.4, 0.5) is 0 Å². The molecule has 2 heterocycles. The molecule has 4 rings (SSSR count). The smallest absolute Gasteiger partial charge is 0.420 e. The average Bonchev–Trinajstić information content (AvgIpc) is 2.98. The lowest BCUT2D eigenvalue weighted by Crippen LogP contribution is -2.38. The van der Waals surface area contributed by atoms with Gasteiger partial charge in [-0.05, 0) is 49.2 Å². The number of hydrogen-bond donors (Lipinski definition) is 0. The zero-order chi connectivity index (χ0) is 17.2. The molecule has 25 heavy (non-hydrogen) atoms. The van der Waals surface area contributed by atoms with Crippen molar-refractivity contribution in [3.8, 4) is 5.75 Å². The number of hydrogen-bond acceptors (Lipinski definition) is 4. The molecule has 0 unspecified atom stereocenters. The lowest BCUT2D eigenvalue weighted by molar-refractivity contribution is 0.167. The number of para-hydroxylation sites is 2. The highest BCUT2D eigenvalue weighted by Gasteiger charge is 2.25. The molecule has 0 bridgehead atoms. The molecular formula is C20H22N2O3. The van der Waals surface area contributed by atoms with Crippen molar-refractivity contribution < 1.29 is 9.15 Å². The molecule has 0 saturated carbocycles. The number of aromatic nitrogens is 1. The van der Waals surface area contributed by atoms with Crippen molar-refractivity contribution in [3.63, 3.8) is 0 Å². The van der Waals surface area contributed by atoms with Gasteiger partial charge in [0.1, 0.15) is 5.75 Å². The summed E-state index contributed by atoms with van der Waals surface area (Å²) in [5, 5.41) is 0. The van der Waals surface area contributed by atoms with E-state index in [1.165, 1.54) is 5.56 Å². The Morgan fingerprint density at radius 3 is 2.96 bits per heavy atom. The Balaban J connectivity index is 1.56.